The highest BCUT2D eigenvalue weighted by atomic mass is 32.2. The van der Waals surface area contributed by atoms with Gasteiger partial charge in [-0.15, -0.1) is 11.8 Å². The van der Waals surface area contributed by atoms with Gasteiger partial charge < -0.3 is 24.5 Å². The summed E-state index contributed by atoms with van der Waals surface area (Å²) in [6, 6.07) is 8.59. The molecular weight excluding hydrogens is 710 g/mol. The highest BCUT2D eigenvalue weighted by Crippen LogP contribution is 2.41. The number of ether oxygens (including phenoxy) is 1. The van der Waals surface area contributed by atoms with Crippen molar-refractivity contribution in [3.63, 3.8) is 0 Å². The van der Waals surface area contributed by atoms with Gasteiger partial charge in [-0.3, -0.25) is 4.79 Å². The van der Waals surface area contributed by atoms with Crippen LogP contribution < -0.4 is 4.90 Å². The minimum absolute atomic E-state index is 0.00538. The van der Waals surface area contributed by atoms with Gasteiger partial charge in [0.2, 0.25) is 5.91 Å². The van der Waals surface area contributed by atoms with Crippen LogP contribution in [0, 0.1) is 11.6 Å². The van der Waals surface area contributed by atoms with Crippen molar-refractivity contribution < 1.29 is 62.6 Å². The number of piperidine rings is 1. The van der Waals surface area contributed by atoms with E-state index in [1.165, 1.54) is 36.4 Å². The number of thioether (sulfide) groups is 1. The number of aliphatic hydroxyl groups is 1. The number of rotatable bonds is 12. The van der Waals surface area contributed by atoms with Crippen molar-refractivity contribution in [2.45, 2.75) is 49.7 Å². The maximum absolute atomic E-state index is 15.5. The highest BCUT2D eigenvalue weighted by Gasteiger charge is 2.35. The average molecular weight is 771 g/mol. The second-order valence-corrected chi connectivity index (χ2v) is 12.2. The summed E-state index contributed by atoms with van der Waals surface area (Å²) in [6.45, 7) is -18.6. The molecule has 6 nitrogen and oxygen atoms in total. The average Bonchev–Trinajstić information content (AvgIpc) is 3.23. The van der Waals surface area contributed by atoms with Gasteiger partial charge in [0, 0.05) is 71.5 Å². The first-order valence-corrected chi connectivity index (χ1v) is 16.4. The number of para-hydroxylation sites is 1. The van der Waals surface area contributed by atoms with Gasteiger partial charge in [0.05, 0.1) is 32.8 Å². The van der Waals surface area contributed by atoms with Gasteiger partial charge in [0.15, 0.2) is 11.6 Å². The summed E-state index contributed by atoms with van der Waals surface area (Å²) in [7, 11) is -3.83. The quantitative estimate of drug-likeness (QED) is 0.145. The Morgan fingerprint density at radius 3 is 2.42 bits per heavy atom. The molecule has 1 saturated heterocycles. The first-order chi connectivity index (χ1) is 32.5. The summed E-state index contributed by atoms with van der Waals surface area (Å²) in [5.74, 6) is -4.84. The van der Waals surface area contributed by atoms with E-state index >= 15 is 9.18 Å². The topological polar surface area (TPSA) is 56.2 Å². The molecule has 0 spiro atoms. The number of halogens is 5. The largest absolute Gasteiger partial charge is 0.416 e. The van der Waals surface area contributed by atoms with E-state index in [-0.39, 0.29) is 39.0 Å². The second kappa shape index (κ2) is 16.8. The van der Waals surface area contributed by atoms with E-state index in [0.717, 1.165) is 66.4 Å². The van der Waals surface area contributed by atoms with Crippen molar-refractivity contribution in [3.05, 3.63) is 136 Å². The lowest BCUT2D eigenvalue weighted by Gasteiger charge is -2.43. The van der Waals surface area contributed by atoms with Crippen LogP contribution in [0.4, 0.5) is 27.6 Å². The van der Waals surface area contributed by atoms with Crippen LogP contribution in [-0.4, -0.2) is 66.5 Å². The van der Waals surface area contributed by atoms with Gasteiger partial charge in [-0.05, 0) is 66.7 Å². The molecule has 1 amide bonds. The SMILES string of the molecule is [2H]C([2H])([2H])OC([2H])([2H])C([2H])([2H])N1C([2H])([2H])C([2H])([2H])C([2H])(N(C(=O)CN2C(SC([2H])([2H])c3cccc(F)c3F)=CC(O)c3ccccc32)C([2H])(C)c2ccc(-c3ccc(C(F)(F)F)cc3)cc2)C([2H])([2H])C1([2H])[2H]. The van der Waals surface area contributed by atoms with Crippen molar-refractivity contribution >= 4 is 23.4 Å². The van der Waals surface area contributed by atoms with E-state index in [0.29, 0.717) is 6.07 Å². The van der Waals surface area contributed by atoms with Crippen LogP contribution in [0.5, 0.6) is 0 Å². The van der Waals surface area contributed by atoms with Crippen LogP contribution >= 0.6 is 11.8 Å². The molecular formula is C41H42F5N3O3S. The monoisotopic (exact) mass is 770 g/mol. The first kappa shape index (κ1) is 21.0. The van der Waals surface area contributed by atoms with Crippen molar-refractivity contribution in [2.24, 2.45) is 0 Å². The molecule has 280 valence electrons. The van der Waals surface area contributed by atoms with Crippen LogP contribution in [0.1, 0.15) is 80.1 Å². The Bertz CT molecular complexity index is 2720. The smallest absolute Gasteiger partial charge is 0.384 e. The summed E-state index contributed by atoms with van der Waals surface area (Å²) < 4.78 is 240. The van der Waals surface area contributed by atoms with Crippen LogP contribution in [0.2, 0.25) is 0 Å². The van der Waals surface area contributed by atoms with Crippen LogP contribution in [-0.2, 0) is 21.4 Å². The lowest BCUT2D eigenvalue weighted by atomic mass is 9.96. The zero-order valence-electron chi connectivity index (χ0n) is 46.4. The molecule has 53 heavy (non-hydrogen) atoms. The van der Waals surface area contributed by atoms with Gasteiger partial charge in [-0.25, -0.2) is 8.78 Å². The molecule has 0 aliphatic carbocycles. The summed E-state index contributed by atoms with van der Waals surface area (Å²) in [5, 5.41) is 10.8. The third-order valence-corrected chi connectivity index (χ3v) is 8.95. The van der Waals surface area contributed by atoms with E-state index < -0.39 is 127 Å². The summed E-state index contributed by atoms with van der Waals surface area (Å²) in [6.07, 6.45) is -14.5. The number of fused-ring (bicyclic) bond motifs is 1. The van der Waals surface area contributed by atoms with E-state index in [9.17, 15) is 30.9 Å². The molecule has 0 saturated carbocycles. The number of benzene rings is 4. The van der Waals surface area contributed by atoms with E-state index in [2.05, 4.69) is 4.74 Å². The van der Waals surface area contributed by atoms with Gasteiger partial charge >= 0.3 is 6.18 Å². The number of alkyl halides is 3. The van der Waals surface area contributed by atoms with Crippen LogP contribution in [0.25, 0.3) is 11.1 Å². The summed E-state index contributed by atoms with van der Waals surface area (Å²) in [5.41, 5.74) is -5.11. The Kier molecular flexibility index (Phi) is 6.68. The minimum Gasteiger partial charge on any atom is -0.384 e. The predicted octanol–water partition coefficient (Wildman–Crippen LogP) is 8.98. The predicted molar refractivity (Wildman–Crippen MR) is 198 cm³/mol. The summed E-state index contributed by atoms with van der Waals surface area (Å²) in [4.78, 5) is 15.3. The minimum atomic E-state index is -4.70. The molecule has 6 rings (SSSR count). The number of carbonyl (C=O) groups excluding carboxylic acids is 1. The fraction of sp³-hybridized carbons (Fsp3) is 0.341. The highest BCUT2D eigenvalue weighted by molar-refractivity contribution is 8.02. The normalized spacial score (nSPS) is 28.7. The van der Waals surface area contributed by atoms with Crippen molar-refractivity contribution in [2.75, 3.05) is 44.5 Å². The molecule has 4 aromatic rings. The van der Waals surface area contributed by atoms with E-state index in [1.54, 1.807) is 0 Å². The molecule has 2 aliphatic rings. The van der Waals surface area contributed by atoms with Gasteiger partial charge in [-0.1, -0.05) is 66.7 Å². The third kappa shape index (κ3) is 8.95. The van der Waals surface area contributed by atoms with E-state index in [4.69, 9.17) is 17.8 Å². The molecule has 2 aliphatic heterocycles. The fourth-order valence-corrected chi connectivity index (χ4v) is 6.28. The molecule has 4 aromatic carbocycles. The summed E-state index contributed by atoms with van der Waals surface area (Å²) >= 11 is 0.0992. The number of nitrogens with zero attached hydrogens (tertiary/aromatic N) is 3. The number of likely N-dealkylation sites (tertiary alicyclic amines) is 1. The zero-order valence-corrected chi connectivity index (χ0v) is 28.2. The Labute approximate surface area is 337 Å². The van der Waals surface area contributed by atoms with Crippen LogP contribution in [0.3, 0.4) is 0 Å². The maximum Gasteiger partial charge on any atom is 0.416 e. The molecule has 2 atom stereocenters. The van der Waals surface area contributed by atoms with E-state index in [1.807, 2.05) is 0 Å². The number of methoxy groups -OCH3 is 1. The molecule has 0 bridgehead atoms. The Morgan fingerprint density at radius 2 is 1.74 bits per heavy atom. The number of hydrogen-bond acceptors (Lipinski definition) is 6. The van der Waals surface area contributed by atoms with Crippen LogP contribution in [0.15, 0.2) is 102 Å². The number of anilines is 1. The maximum atomic E-state index is 15.5. The van der Waals surface area contributed by atoms with Gasteiger partial charge in [-0.2, -0.15) is 13.2 Å². The van der Waals surface area contributed by atoms with Crippen molar-refractivity contribution in [1.82, 2.24) is 9.80 Å². The Morgan fingerprint density at radius 1 is 1.06 bits per heavy atom. The fourth-order valence-electron chi connectivity index (χ4n) is 5.44. The Hall–Kier alpha value is -4.23. The zero-order chi connectivity index (χ0) is 54.6. The van der Waals surface area contributed by atoms with Gasteiger partial charge in [0.1, 0.15) is 12.6 Å². The lowest BCUT2D eigenvalue weighted by molar-refractivity contribution is -0.137. The standard InChI is InChI=1S/C41H42F5N3O3S/c1-27(28-10-12-29(13-11-28)30-14-16-32(17-15-30)41(44,45)46)49(33-18-20-47(21-19-33)22-23-52-2)38(51)25-48-36-9-4-3-7-34(36)37(50)24-39(48)53-26-31-6-5-8-35(42)40(31)43/h3-17,24,27,33,37,50H,18-23,25-26H2,1-2H3/i2D3,18D2,19D2,20D2,21D2,22D2,23D2,26D2,27D,33D. The van der Waals surface area contributed by atoms with Crippen molar-refractivity contribution in [1.29, 1.82) is 0 Å². The molecule has 2 heterocycles. The molecule has 0 aromatic heterocycles. The molecule has 12 heteroatoms. The third-order valence-electron chi connectivity index (χ3n) is 8.06. The first-order valence-electron chi connectivity index (χ1n) is 25.1. The number of amides is 1. The number of carbonyl (C=O) groups is 1. The van der Waals surface area contributed by atoms with Crippen molar-refractivity contribution in [3.8, 4) is 11.1 Å². The Balaban J connectivity index is 1.58. The molecule has 1 fully saturated rings. The molecule has 2 unspecified atom stereocenters. The molecule has 0 radical (unpaired) electrons. The number of aliphatic hydroxyl groups excluding tert-OH is 1. The number of hydrogen-bond donors (Lipinski definition) is 1. The van der Waals surface area contributed by atoms with Gasteiger partial charge in [0.25, 0.3) is 0 Å². The molecule has 1 N–H and O–H groups in total. The second-order valence-electron chi connectivity index (χ2n) is 11.3. The lowest BCUT2D eigenvalue weighted by Crippen LogP contribution is -2.51.